The fourth-order valence-electron chi connectivity index (χ4n) is 2.63. The summed E-state index contributed by atoms with van der Waals surface area (Å²) in [6.45, 7) is 4.06. The molecule has 0 aromatic rings. The van der Waals surface area contributed by atoms with Crippen LogP contribution in [0.1, 0.15) is 52.4 Å². The van der Waals surface area contributed by atoms with Crippen molar-refractivity contribution in [1.82, 2.24) is 4.31 Å². The second kappa shape index (κ2) is 7.10. The van der Waals surface area contributed by atoms with Gasteiger partial charge in [0.1, 0.15) is 0 Å². The van der Waals surface area contributed by atoms with Crippen LogP contribution in [0.2, 0.25) is 0 Å². The van der Waals surface area contributed by atoms with Crippen molar-refractivity contribution in [3.8, 4) is 6.07 Å². The quantitative estimate of drug-likeness (QED) is 0.746. The molecule has 0 aromatic carbocycles. The Hall–Kier alpha value is -0.600. The van der Waals surface area contributed by atoms with Crippen molar-refractivity contribution >= 4 is 10.0 Å². The molecule has 18 heavy (non-hydrogen) atoms. The highest BCUT2D eigenvalue weighted by Crippen LogP contribution is 2.26. The van der Waals surface area contributed by atoms with Gasteiger partial charge in [-0.1, -0.05) is 19.3 Å². The number of nitriles is 1. The Morgan fingerprint density at radius 2 is 1.89 bits per heavy atom. The van der Waals surface area contributed by atoms with Crippen LogP contribution in [0, 0.1) is 17.2 Å². The second-order valence-electron chi connectivity index (χ2n) is 5.40. The zero-order valence-electron chi connectivity index (χ0n) is 11.4. The van der Waals surface area contributed by atoms with Crippen molar-refractivity contribution in [1.29, 1.82) is 5.26 Å². The molecule has 1 fully saturated rings. The summed E-state index contributed by atoms with van der Waals surface area (Å²) in [5.41, 5.74) is 0. The van der Waals surface area contributed by atoms with Crippen molar-refractivity contribution in [3.63, 3.8) is 0 Å². The average molecular weight is 272 g/mol. The minimum absolute atomic E-state index is 0.0630. The highest BCUT2D eigenvalue weighted by molar-refractivity contribution is 7.89. The minimum atomic E-state index is -3.21. The van der Waals surface area contributed by atoms with E-state index in [0.717, 1.165) is 25.7 Å². The summed E-state index contributed by atoms with van der Waals surface area (Å²) in [5, 5.41) is 8.61. The fraction of sp³-hybridized carbons (Fsp3) is 0.923. The largest absolute Gasteiger partial charge is 0.214 e. The molecule has 0 saturated heterocycles. The van der Waals surface area contributed by atoms with E-state index < -0.39 is 10.0 Å². The maximum absolute atomic E-state index is 12.4. The summed E-state index contributed by atoms with van der Waals surface area (Å²) in [7, 11) is -3.21. The van der Waals surface area contributed by atoms with E-state index in [9.17, 15) is 8.42 Å². The summed E-state index contributed by atoms with van der Waals surface area (Å²) in [4.78, 5) is 0. The molecule has 0 aromatic heterocycles. The Bertz CT molecular complexity index is 378. The number of rotatable bonds is 6. The molecular formula is C13H24N2O2S. The van der Waals surface area contributed by atoms with Crippen molar-refractivity contribution in [2.24, 2.45) is 5.92 Å². The zero-order chi connectivity index (χ0) is 13.6. The van der Waals surface area contributed by atoms with E-state index in [1.807, 2.05) is 19.9 Å². The van der Waals surface area contributed by atoms with E-state index in [-0.39, 0.29) is 18.2 Å². The molecule has 4 nitrogen and oxygen atoms in total. The first-order valence-electron chi connectivity index (χ1n) is 6.84. The molecular weight excluding hydrogens is 248 g/mol. The minimum Gasteiger partial charge on any atom is -0.212 e. The van der Waals surface area contributed by atoms with Gasteiger partial charge in [-0.3, -0.25) is 0 Å². The normalized spacial score (nSPS) is 18.2. The van der Waals surface area contributed by atoms with Crippen molar-refractivity contribution in [2.75, 3.05) is 12.3 Å². The van der Waals surface area contributed by atoms with Crippen molar-refractivity contribution in [2.45, 2.75) is 58.4 Å². The Kier molecular flexibility index (Phi) is 6.10. The molecule has 0 amide bonds. The van der Waals surface area contributed by atoms with Gasteiger partial charge < -0.3 is 0 Å². The van der Waals surface area contributed by atoms with Crippen LogP contribution in [0.3, 0.4) is 0 Å². The molecule has 0 atom stereocenters. The van der Waals surface area contributed by atoms with Gasteiger partial charge >= 0.3 is 0 Å². The predicted molar refractivity (Wildman–Crippen MR) is 72.4 cm³/mol. The Labute approximate surface area is 111 Å². The zero-order valence-corrected chi connectivity index (χ0v) is 12.2. The van der Waals surface area contributed by atoms with Gasteiger partial charge in [0, 0.05) is 19.0 Å². The third-order valence-corrected chi connectivity index (χ3v) is 5.76. The fourth-order valence-corrected chi connectivity index (χ4v) is 4.76. The highest BCUT2D eigenvalue weighted by Gasteiger charge is 2.28. The topological polar surface area (TPSA) is 61.2 Å². The van der Waals surface area contributed by atoms with E-state index in [4.69, 9.17) is 5.26 Å². The van der Waals surface area contributed by atoms with Gasteiger partial charge in [-0.15, -0.1) is 0 Å². The Balaban J connectivity index is 2.65. The van der Waals surface area contributed by atoms with Gasteiger partial charge in [0.2, 0.25) is 10.0 Å². The van der Waals surface area contributed by atoms with E-state index in [2.05, 4.69) is 0 Å². The molecule has 0 aliphatic heterocycles. The third-order valence-electron chi connectivity index (χ3n) is 3.55. The van der Waals surface area contributed by atoms with Crippen molar-refractivity contribution in [3.05, 3.63) is 0 Å². The molecule has 1 aliphatic carbocycles. The van der Waals surface area contributed by atoms with Crippen LogP contribution >= 0.6 is 0 Å². The van der Waals surface area contributed by atoms with Crippen LogP contribution in [0.25, 0.3) is 0 Å². The molecule has 0 heterocycles. The van der Waals surface area contributed by atoms with E-state index in [1.165, 1.54) is 10.7 Å². The van der Waals surface area contributed by atoms with Gasteiger partial charge in [0.25, 0.3) is 0 Å². The van der Waals surface area contributed by atoms with Gasteiger partial charge in [-0.05, 0) is 32.6 Å². The summed E-state index contributed by atoms with van der Waals surface area (Å²) in [6, 6.07) is 1.96. The summed E-state index contributed by atoms with van der Waals surface area (Å²) in [5.74, 6) is 0.573. The van der Waals surface area contributed by atoms with Crippen LogP contribution < -0.4 is 0 Å². The molecule has 0 radical (unpaired) electrons. The smallest absolute Gasteiger partial charge is 0.212 e. The Morgan fingerprint density at radius 3 is 2.39 bits per heavy atom. The van der Waals surface area contributed by atoms with Crippen LogP contribution in [0.4, 0.5) is 0 Å². The lowest BCUT2D eigenvalue weighted by Gasteiger charge is -2.28. The molecule has 0 unspecified atom stereocenters. The van der Waals surface area contributed by atoms with Crippen LogP contribution in [-0.2, 0) is 10.0 Å². The van der Waals surface area contributed by atoms with Gasteiger partial charge in [0.15, 0.2) is 0 Å². The number of hydrogen-bond acceptors (Lipinski definition) is 3. The van der Waals surface area contributed by atoms with Crippen molar-refractivity contribution < 1.29 is 8.42 Å². The molecule has 0 bridgehead atoms. The maximum atomic E-state index is 12.4. The lowest BCUT2D eigenvalue weighted by molar-refractivity contribution is 0.341. The number of hydrogen-bond donors (Lipinski definition) is 0. The molecule has 1 saturated carbocycles. The molecule has 5 heteroatoms. The highest BCUT2D eigenvalue weighted by atomic mass is 32.2. The first-order chi connectivity index (χ1) is 8.47. The van der Waals surface area contributed by atoms with Gasteiger partial charge in [-0.2, -0.15) is 9.57 Å². The van der Waals surface area contributed by atoms with E-state index in [0.29, 0.717) is 12.5 Å². The third kappa shape index (κ3) is 4.58. The first kappa shape index (κ1) is 15.5. The van der Waals surface area contributed by atoms with Crippen LogP contribution in [-0.4, -0.2) is 31.1 Å². The molecule has 0 spiro atoms. The number of sulfonamides is 1. The number of nitrogens with zero attached hydrogens (tertiary/aromatic N) is 2. The van der Waals surface area contributed by atoms with E-state index in [1.54, 1.807) is 0 Å². The van der Waals surface area contributed by atoms with E-state index >= 15 is 0 Å². The Morgan fingerprint density at radius 1 is 1.28 bits per heavy atom. The predicted octanol–water partition coefficient (Wildman–Crippen LogP) is 2.52. The molecule has 104 valence electrons. The summed E-state index contributed by atoms with van der Waals surface area (Å²) < 4.78 is 26.2. The maximum Gasteiger partial charge on any atom is 0.214 e. The lowest BCUT2D eigenvalue weighted by atomic mass is 9.91. The molecule has 1 rings (SSSR count). The monoisotopic (exact) mass is 272 g/mol. The lowest BCUT2D eigenvalue weighted by Crippen LogP contribution is -2.40. The molecule has 0 N–H and O–H groups in total. The SMILES string of the molecule is CC(C)N(CCC#N)S(=O)(=O)CC1CCCCC1. The molecule has 1 aliphatic rings. The van der Waals surface area contributed by atoms with Gasteiger partial charge in [0.05, 0.1) is 11.8 Å². The van der Waals surface area contributed by atoms with Crippen LogP contribution in [0.15, 0.2) is 0 Å². The second-order valence-corrected chi connectivity index (χ2v) is 7.36. The standard InChI is InChI=1S/C13H24N2O2S/c1-12(2)15(10-6-9-14)18(16,17)11-13-7-4-3-5-8-13/h12-13H,3-8,10-11H2,1-2H3. The summed E-state index contributed by atoms with van der Waals surface area (Å²) in [6.07, 6.45) is 5.87. The van der Waals surface area contributed by atoms with Crippen LogP contribution in [0.5, 0.6) is 0 Å². The summed E-state index contributed by atoms with van der Waals surface area (Å²) >= 11 is 0. The average Bonchev–Trinajstić information content (AvgIpc) is 2.29. The first-order valence-corrected chi connectivity index (χ1v) is 8.44. The van der Waals surface area contributed by atoms with Gasteiger partial charge in [-0.25, -0.2) is 8.42 Å².